The van der Waals surface area contributed by atoms with E-state index in [0.29, 0.717) is 6.54 Å². The molecule has 3 heterocycles. The number of benzene rings is 1. The average Bonchev–Trinajstić information content (AvgIpc) is 3.32. The van der Waals surface area contributed by atoms with Crippen LogP contribution in [0.3, 0.4) is 0 Å². The molecule has 3 atom stereocenters. The molecule has 26 heavy (non-hydrogen) atoms. The van der Waals surface area contributed by atoms with Crippen LogP contribution in [0, 0.1) is 5.92 Å². The highest BCUT2D eigenvalue weighted by atomic mass is 15.1. The van der Waals surface area contributed by atoms with E-state index in [0.717, 1.165) is 18.7 Å². The van der Waals surface area contributed by atoms with Crippen LogP contribution in [-0.2, 0) is 18.3 Å². The van der Waals surface area contributed by atoms with Crippen molar-refractivity contribution in [2.45, 2.75) is 24.3 Å². The van der Waals surface area contributed by atoms with Crippen LogP contribution < -0.4 is 11.1 Å². The summed E-state index contributed by atoms with van der Waals surface area (Å²) in [5.74, 6) is 1.16. The number of hydrogen-bond donors (Lipinski definition) is 2. The van der Waals surface area contributed by atoms with Gasteiger partial charge in [0.1, 0.15) is 12.2 Å². The first-order valence-electron chi connectivity index (χ1n) is 9.04. The molecule has 3 unspecified atom stereocenters. The summed E-state index contributed by atoms with van der Waals surface area (Å²) in [6, 6.07) is 11.0. The third-order valence-corrected chi connectivity index (χ3v) is 5.91. The molecule has 0 amide bonds. The number of nitrogens with two attached hydrogens (primary N) is 1. The number of nitrogens with one attached hydrogen (secondary N) is 1. The molecule has 5 heteroatoms. The van der Waals surface area contributed by atoms with Crippen LogP contribution in [0.2, 0.25) is 0 Å². The third kappa shape index (κ3) is 2.31. The molecule has 5 nitrogen and oxygen atoms in total. The number of aromatic nitrogens is 1. The van der Waals surface area contributed by atoms with Crippen molar-refractivity contribution in [1.82, 2.24) is 10.3 Å². The zero-order valence-corrected chi connectivity index (χ0v) is 14.5. The first-order valence-corrected chi connectivity index (χ1v) is 9.04. The van der Waals surface area contributed by atoms with E-state index in [1.54, 1.807) is 6.34 Å². The molecule has 0 saturated carbocycles. The van der Waals surface area contributed by atoms with Crippen LogP contribution in [0.4, 0.5) is 0 Å². The number of amidine groups is 1. The normalized spacial score (nSPS) is 28.4. The molecule has 5 rings (SSSR count). The molecule has 0 radical (unpaired) electrons. The number of hydrogen-bond acceptors (Lipinski definition) is 5. The number of nitrogens with zero attached hydrogens (tertiary/aromatic N) is 3. The van der Waals surface area contributed by atoms with E-state index >= 15 is 0 Å². The van der Waals surface area contributed by atoms with Crippen LogP contribution in [0.15, 0.2) is 65.0 Å². The smallest absolute Gasteiger partial charge is 0.117 e. The average molecular weight is 343 g/mol. The number of aliphatic imine (C=N–C) groups is 2. The fraction of sp³-hybridized carbons (Fsp3) is 0.286. The lowest BCUT2D eigenvalue weighted by Gasteiger charge is -2.30. The second-order valence-electron chi connectivity index (χ2n) is 7.36. The van der Waals surface area contributed by atoms with Gasteiger partial charge in [0.2, 0.25) is 0 Å². The molecule has 2 aromatic rings. The first-order chi connectivity index (χ1) is 12.8. The zero-order valence-electron chi connectivity index (χ0n) is 14.5. The predicted molar refractivity (Wildman–Crippen MR) is 103 cm³/mol. The molecule has 0 fully saturated rings. The van der Waals surface area contributed by atoms with Gasteiger partial charge < -0.3 is 11.1 Å². The summed E-state index contributed by atoms with van der Waals surface area (Å²) in [6.07, 6.45) is 11.5. The van der Waals surface area contributed by atoms with Crippen molar-refractivity contribution in [3.8, 4) is 0 Å². The fourth-order valence-electron chi connectivity index (χ4n) is 4.45. The molecule has 3 aliphatic rings. The van der Waals surface area contributed by atoms with Crippen molar-refractivity contribution >= 4 is 12.2 Å². The van der Waals surface area contributed by atoms with Gasteiger partial charge in [0, 0.05) is 24.4 Å². The van der Waals surface area contributed by atoms with Crippen molar-refractivity contribution in [2.75, 3.05) is 6.54 Å². The molecule has 1 aliphatic carbocycles. The molecule has 1 aromatic carbocycles. The third-order valence-electron chi connectivity index (χ3n) is 5.91. The van der Waals surface area contributed by atoms with Crippen LogP contribution in [-0.4, -0.2) is 23.7 Å². The summed E-state index contributed by atoms with van der Waals surface area (Å²) in [5, 5.41) is 3.21. The summed E-state index contributed by atoms with van der Waals surface area (Å²) >= 11 is 0. The lowest BCUT2D eigenvalue weighted by molar-refractivity contribution is 0.462. The Labute approximate surface area is 152 Å². The number of pyridine rings is 1. The molecule has 0 spiro atoms. The maximum absolute atomic E-state index is 6.30. The fourth-order valence-corrected chi connectivity index (χ4v) is 4.45. The first kappa shape index (κ1) is 15.5. The minimum atomic E-state index is -0.0551. The maximum Gasteiger partial charge on any atom is 0.117 e. The lowest BCUT2D eigenvalue weighted by atomic mass is 9.76. The highest BCUT2D eigenvalue weighted by Gasteiger charge is 2.38. The van der Waals surface area contributed by atoms with Crippen molar-refractivity contribution in [1.29, 1.82) is 0 Å². The Kier molecular flexibility index (Phi) is 3.50. The van der Waals surface area contributed by atoms with E-state index in [9.17, 15) is 0 Å². The Morgan fingerprint density at radius 2 is 2.12 bits per heavy atom. The van der Waals surface area contributed by atoms with Gasteiger partial charge in [-0.3, -0.25) is 9.98 Å². The molecule has 1 aromatic heterocycles. The van der Waals surface area contributed by atoms with Gasteiger partial charge in [-0.25, -0.2) is 4.99 Å². The highest BCUT2D eigenvalue weighted by molar-refractivity contribution is 5.96. The van der Waals surface area contributed by atoms with Gasteiger partial charge in [-0.15, -0.1) is 0 Å². The molecule has 0 bridgehead atoms. The Hall–Kier alpha value is -2.79. The molecule has 130 valence electrons. The molecule has 2 aliphatic heterocycles. The number of fused-ring (bicyclic) bond motifs is 2. The van der Waals surface area contributed by atoms with Crippen molar-refractivity contribution in [2.24, 2.45) is 21.6 Å². The van der Waals surface area contributed by atoms with Crippen molar-refractivity contribution in [3.05, 3.63) is 77.3 Å². The van der Waals surface area contributed by atoms with Crippen LogP contribution in [0.5, 0.6) is 0 Å². The Morgan fingerprint density at radius 3 is 3.00 bits per heavy atom. The van der Waals surface area contributed by atoms with E-state index in [4.69, 9.17) is 5.73 Å². The highest BCUT2D eigenvalue weighted by Crippen LogP contribution is 2.40. The van der Waals surface area contributed by atoms with Crippen LogP contribution >= 0.6 is 0 Å². The largest absolute Gasteiger partial charge is 0.350 e. The summed E-state index contributed by atoms with van der Waals surface area (Å²) in [4.78, 5) is 13.3. The van der Waals surface area contributed by atoms with Gasteiger partial charge in [-0.2, -0.15) is 0 Å². The summed E-state index contributed by atoms with van der Waals surface area (Å²) < 4.78 is 0. The van der Waals surface area contributed by atoms with Crippen LogP contribution in [0.1, 0.15) is 28.3 Å². The molecule has 3 N–H and O–H groups in total. The van der Waals surface area contributed by atoms with Gasteiger partial charge >= 0.3 is 0 Å². The second-order valence-corrected chi connectivity index (χ2v) is 7.36. The van der Waals surface area contributed by atoms with Gasteiger partial charge in [-0.05, 0) is 47.4 Å². The van der Waals surface area contributed by atoms with Gasteiger partial charge in [0.25, 0.3) is 0 Å². The maximum atomic E-state index is 6.30. The van der Waals surface area contributed by atoms with E-state index in [1.165, 1.54) is 22.3 Å². The Bertz CT molecular complexity index is 918. The lowest BCUT2D eigenvalue weighted by Crippen LogP contribution is -2.36. The second kappa shape index (κ2) is 5.88. The Balaban J connectivity index is 1.52. The van der Waals surface area contributed by atoms with Gasteiger partial charge in [0.15, 0.2) is 0 Å². The monoisotopic (exact) mass is 343 g/mol. The van der Waals surface area contributed by atoms with Gasteiger partial charge in [0.05, 0.1) is 12.0 Å². The topological polar surface area (TPSA) is 75.7 Å². The molecule has 0 saturated heterocycles. The zero-order chi connectivity index (χ0) is 17.6. The SMILES string of the molecule is NCC1(c2cccc(C3N=CN=C4NC=CC43)c2)Cc2ccncc2C1. The summed E-state index contributed by atoms with van der Waals surface area (Å²) in [7, 11) is 0. The predicted octanol–water partition coefficient (Wildman–Crippen LogP) is 2.29. The van der Waals surface area contributed by atoms with E-state index < -0.39 is 0 Å². The van der Waals surface area contributed by atoms with E-state index in [2.05, 4.69) is 56.7 Å². The quantitative estimate of drug-likeness (QED) is 0.898. The minimum absolute atomic E-state index is 0.0551. The standard InChI is InChI=1S/C21H21N5/c22-12-21(9-15-4-6-23-11-16(15)10-21)17-3-1-2-14(8-17)19-18-5-7-24-20(18)26-13-25-19/h1-8,11,13,18-19H,9-10,12,22H2,(H,24,25,26). The van der Waals surface area contributed by atoms with E-state index in [1.807, 2.05) is 18.6 Å². The molecular formula is C21H21N5. The van der Waals surface area contributed by atoms with Crippen LogP contribution in [0.25, 0.3) is 0 Å². The summed E-state index contributed by atoms with van der Waals surface area (Å²) in [6.45, 7) is 0.622. The minimum Gasteiger partial charge on any atom is -0.350 e. The van der Waals surface area contributed by atoms with Gasteiger partial charge in [-0.1, -0.05) is 30.3 Å². The van der Waals surface area contributed by atoms with Crippen molar-refractivity contribution < 1.29 is 0 Å². The Morgan fingerprint density at radius 1 is 1.19 bits per heavy atom. The number of rotatable bonds is 3. The van der Waals surface area contributed by atoms with E-state index in [-0.39, 0.29) is 17.4 Å². The van der Waals surface area contributed by atoms with Crippen molar-refractivity contribution in [3.63, 3.8) is 0 Å². The summed E-state index contributed by atoms with van der Waals surface area (Å²) in [5.41, 5.74) is 11.4. The molecular weight excluding hydrogens is 322 g/mol.